The molecule has 1 aliphatic heterocycles. The van der Waals surface area contributed by atoms with E-state index in [-0.39, 0.29) is 5.91 Å². The Morgan fingerprint density at radius 3 is 2.71 bits per heavy atom. The quantitative estimate of drug-likeness (QED) is 0.904. The fourth-order valence-electron chi connectivity index (χ4n) is 1.89. The number of likely N-dealkylation sites (tertiary alicyclic amines) is 1. The minimum atomic E-state index is -0.749. The molecule has 1 aliphatic rings. The summed E-state index contributed by atoms with van der Waals surface area (Å²) in [5.41, 5.74) is -0.194. The number of β-amino-alcohol motifs (C(OH)–C–C–N with tert-alkyl or cyclic N) is 1. The predicted molar refractivity (Wildman–Crippen MR) is 67.2 cm³/mol. The SMILES string of the molecule is COc1ccc(Br)c(C(=O)N2CC(C)(O)C2)c1. The summed E-state index contributed by atoms with van der Waals surface area (Å²) in [7, 11) is 1.56. The van der Waals surface area contributed by atoms with Gasteiger partial charge in [0.1, 0.15) is 5.75 Å². The highest BCUT2D eigenvalue weighted by atomic mass is 79.9. The molecule has 0 spiro atoms. The third kappa shape index (κ3) is 2.45. The van der Waals surface area contributed by atoms with Crippen molar-refractivity contribution < 1.29 is 14.6 Å². The molecular formula is C12H14BrNO3. The first-order chi connectivity index (χ1) is 7.93. The van der Waals surface area contributed by atoms with Gasteiger partial charge in [0.2, 0.25) is 0 Å². The zero-order valence-corrected chi connectivity index (χ0v) is 11.3. The van der Waals surface area contributed by atoms with Crippen molar-refractivity contribution in [1.82, 2.24) is 4.90 Å². The van der Waals surface area contributed by atoms with Crippen LogP contribution in [0.15, 0.2) is 22.7 Å². The van der Waals surface area contributed by atoms with Crippen LogP contribution in [0.4, 0.5) is 0 Å². The Morgan fingerprint density at radius 1 is 1.53 bits per heavy atom. The Bertz CT molecular complexity index is 451. The molecule has 4 nitrogen and oxygen atoms in total. The lowest BCUT2D eigenvalue weighted by molar-refractivity contribution is -0.0669. The minimum absolute atomic E-state index is 0.0951. The summed E-state index contributed by atoms with van der Waals surface area (Å²) in [4.78, 5) is 13.7. The molecule has 0 aliphatic carbocycles. The second-order valence-electron chi connectivity index (χ2n) is 4.50. The van der Waals surface area contributed by atoms with Gasteiger partial charge in [0.15, 0.2) is 0 Å². The monoisotopic (exact) mass is 299 g/mol. The van der Waals surface area contributed by atoms with Crippen LogP contribution in [-0.2, 0) is 0 Å². The fourth-order valence-corrected chi connectivity index (χ4v) is 2.30. The van der Waals surface area contributed by atoms with Gasteiger partial charge in [-0.1, -0.05) is 0 Å². The number of carbonyl (C=O) groups is 1. The first kappa shape index (κ1) is 12.4. The summed E-state index contributed by atoms with van der Waals surface area (Å²) >= 11 is 3.34. The summed E-state index contributed by atoms with van der Waals surface area (Å²) in [5, 5.41) is 9.62. The zero-order valence-electron chi connectivity index (χ0n) is 9.74. The van der Waals surface area contributed by atoms with Gasteiger partial charge < -0.3 is 14.7 Å². The molecule has 92 valence electrons. The van der Waals surface area contributed by atoms with Crippen molar-refractivity contribution in [3.8, 4) is 5.75 Å². The summed E-state index contributed by atoms with van der Waals surface area (Å²) < 4.78 is 5.82. The highest BCUT2D eigenvalue weighted by Gasteiger charge is 2.40. The van der Waals surface area contributed by atoms with Gasteiger partial charge in [-0.2, -0.15) is 0 Å². The van der Waals surface area contributed by atoms with E-state index in [2.05, 4.69) is 15.9 Å². The average Bonchev–Trinajstić information content (AvgIpc) is 2.25. The van der Waals surface area contributed by atoms with Crippen LogP contribution in [0.2, 0.25) is 0 Å². The first-order valence-corrected chi connectivity index (χ1v) is 6.07. The van der Waals surface area contributed by atoms with Crippen LogP contribution in [-0.4, -0.2) is 41.7 Å². The number of ether oxygens (including phenoxy) is 1. The molecule has 1 fully saturated rings. The van der Waals surface area contributed by atoms with Gasteiger partial charge in [-0.15, -0.1) is 0 Å². The molecule has 0 radical (unpaired) electrons. The van der Waals surface area contributed by atoms with E-state index in [4.69, 9.17) is 4.74 Å². The Hall–Kier alpha value is -1.07. The van der Waals surface area contributed by atoms with E-state index in [1.54, 1.807) is 37.1 Å². The highest BCUT2D eigenvalue weighted by molar-refractivity contribution is 9.10. The molecule has 1 aromatic carbocycles. The summed E-state index contributed by atoms with van der Waals surface area (Å²) in [6.07, 6.45) is 0. The largest absolute Gasteiger partial charge is 0.497 e. The number of methoxy groups -OCH3 is 1. The molecule has 5 heteroatoms. The molecule has 0 aromatic heterocycles. The van der Waals surface area contributed by atoms with E-state index < -0.39 is 5.60 Å². The summed E-state index contributed by atoms with van der Waals surface area (Å²) in [6, 6.07) is 5.26. The van der Waals surface area contributed by atoms with Gasteiger partial charge in [0.25, 0.3) is 5.91 Å². The van der Waals surface area contributed by atoms with Gasteiger partial charge >= 0.3 is 0 Å². The fraction of sp³-hybridized carbons (Fsp3) is 0.417. The van der Waals surface area contributed by atoms with Crippen LogP contribution in [0.1, 0.15) is 17.3 Å². The second-order valence-corrected chi connectivity index (χ2v) is 5.36. The summed E-state index contributed by atoms with van der Waals surface area (Å²) in [6.45, 7) is 2.46. The Balaban J connectivity index is 2.20. The number of nitrogens with zero attached hydrogens (tertiary/aromatic N) is 1. The van der Waals surface area contributed by atoms with Crippen LogP contribution in [0.3, 0.4) is 0 Å². The molecule has 1 N–H and O–H groups in total. The minimum Gasteiger partial charge on any atom is -0.497 e. The lowest BCUT2D eigenvalue weighted by Crippen LogP contribution is -2.61. The van der Waals surface area contributed by atoms with E-state index in [0.29, 0.717) is 24.4 Å². The Labute approximate surface area is 108 Å². The van der Waals surface area contributed by atoms with Crippen LogP contribution < -0.4 is 4.74 Å². The van der Waals surface area contributed by atoms with Gasteiger partial charge in [0, 0.05) is 4.47 Å². The van der Waals surface area contributed by atoms with Crippen molar-refractivity contribution in [3.05, 3.63) is 28.2 Å². The predicted octanol–water partition coefficient (Wildman–Crippen LogP) is 1.66. The Kier molecular flexibility index (Phi) is 3.14. The van der Waals surface area contributed by atoms with Gasteiger partial charge in [-0.3, -0.25) is 4.79 Å². The Morgan fingerprint density at radius 2 is 2.18 bits per heavy atom. The van der Waals surface area contributed by atoms with E-state index in [0.717, 1.165) is 4.47 Å². The normalized spacial score (nSPS) is 17.5. The number of rotatable bonds is 2. The van der Waals surface area contributed by atoms with Crippen LogP contribution in [0.25, 0.3) is 0 Å². The molecule has 0 bridgehead atoms. The number of carbonyl (C=O) groups excluding carboxylic acids is 1. The van der Waals surface area contributed by atoms with E-state index in [9.17, 15) is 9.90 Å². The van der Waals surface area contributed by atoms with Crippen molar-refractivity contribution >= 4 is 21.8 Å². The molecule has 1 amide bonds. The van der Waals surface area contributed by atoms with Gasteiger partial charge in [-0.25, -0.2) is 0 Å². The molecule has 17 heavy (non-hydrogen) atoms. The molecule has 1 saturated heterocycles. The summed E-state index contributed by atoms with van der Waals surface area (Å²) in [5.74, 6) is 0.547. The third-order valence-corrected chi connectivity index (χ3v) is 3.45. The standard InChI is InChI=1S/C12H14BrNO3/c1-12(16)6-14(7-12)11(15)9-5-8(17-2)3-4-10(9)13/h3-5,16H,6-7H2,1-2H3. The van der Waals surface area contributed by atoms with Crippen LogP contribution in [0.5, 0.6) is 5.75 Å². The van der Waals surface area contributed by atoms with Gasteiger partial charge in [-0.05, 0) is 41.1 Å². The number of benzene rings is 1. The van der Waals surface area contributed by atoms with Crippen molar-refractivity contribution in [2.75, 3.05) is 20.2 Å². The first-order valence-electron chi connectivity index (χ1n) is 5.28. The topological polar surface area (TPSA) is 49.8 Å². The maximum atomic E-state index is 12.1. The number of halogens is 1. The number of aliphatic hydroxyl groups is 1. The molecule has 0 unspecified atom stereocenters. The molecular weight excluding hydrogens is 286 g/mol. The van der Waals surface area contributed by atoms with Crippen molar-refractivity contribution in [1.29, 1.82) is 0 Å². The van der Waals surface area contributed by atoms with Crippen molar-refractivity contribution in [2.24, 2.45) is 0 Å². The lowest BCUT2D eigenvalue weighted by atomic mass is 9.96. The molecule has 0 atom stereocenters. The second kappa shape index (κ2) is 4.31. The zero-order chi connectivity index (χ0) is 12.6. The molecule has 1 heterocycles. The molecule has 0 saturated carbocycles. The van der Waals surface area contributed by atoms with E-state index >= 15 is 0 Å². The van der Waals surface area contributed by atoms with Crippen molar-refractivity contribution in [2.45, 2.75) is 12.5 Å². The van der Waals surface area contributed by atoms with Crippen LogP contribution >= 0.6 is 15.9 Å². The number of amides is 1. The van der Waals surface area contributed by atoms with Crippen molar-refractivity contribution in [3.63, 3.8) is 0 Å². The van der Waals surface area contributed by atoms with E-state index in [1.807, 2.05) is 0 Å². The van der Waals surface area contributed by atoms with Crippen LogP contribution in [0, 0.1) is 0 Å². The lowest BCUT2D eigenvalue weighted by Gasteiger charge is -2.44. The highest BCUT2D eigenvalue weighted by Crippen LogP contribution is 2.27. The van der Waals surface area contributed by atoms with E-state index in [1.165, 1.54) is 0 Å². The maximum absolute atomic E-state index is 12.1. The molecule has 1 aromatic rings. The average molecular weight is 300 g/mol. The third-order valence-electron chi connectivity index (χ3n) is 2.75. The van der Waals surface area contributed by atoms with Gasteiger partial charge in [0.05, 0.1) is 31.4 Å². The number of hydrogen-bond acceptors (Lipinski definition) is 3. The smallest absolute Gasteiger partial charge is 0.255 e. The maximum Gasteiger partial charge on any atom is 0.255 e. The molecule has 2 rings (SSSR count). The number of hydrogen-bond donors (Lipinski definition) is 1.